The molecule has 0 fully saturated rings. The molecule has 2 aliphatic rings. The lowest BCUT2D eigenvalue weighted by Gasteiger charge is -2.37. The fraction of sp³-hybridized carbons (Fsp3) is 0.206. The van der Waals surface area contributed by atoms with Crippen molar-refractivity contribution in [2.75, 3.05) is 12.4 Å². The number of allylic oxidation sites excluding steroid dienone is 2. The number of halogens is 1. The van der Waals surface area contributed by atoms with Gasteiger partial charge in [-0.3, -0.25) is 4.99 Å². The Morgan fingerprint density at radius 2 is 1.82 bits per heavy atom. The number of benzene rings is 4. The quantitative estimate of drug-likeness (QED) is 0.127. The Kier molecular flexibility index (Phi) is 7.42. The van der Waals surface area contributed by atoms with E-state index in [9.17, 15) is 0 Å². The Morgan fingerprint density at radius 1 is 1.00 bits per heavy atom. The van der Waals surface area contributed by atoms with Gasteiger partial charge in [-0.05, 0) is 94.4 Å². The van der Waals surface area contributed by atoms with Crippen LogP contribution in [0, 0.1) is 16.4 Å². The molecule has 1 heterocycles. The normalized spacial score (nSPS) is 19.4. The third-order valence-corrected chi connectivity index (χ3v) is 8.41. The summed E-state index contributed by atoms with van der Waals surface area (Å²) in [6.07, 6.45) is 7.72. The lowest BCUT2D eigenvalue weighted by molar-refractivity contribution is 0.282. The number of nitrogens with zero attached hydrogens (tertiary/aromatic N) is 1. The van der Waals surface area contributed by atoms with Crippen LogP contribution < -0.4 is 14.8 Å². The maximum atomic E-state index is 6.10. The lowest BCUT2D eigenvalue weighted by atomic mass is 9.76. The smallest absolute Gasteiger partial charge is 0.174 e. The summed E-state index contributed by atoms with van der Waals surface area (Å²) in [5.41, 5.74) is 8.30. The predicted octanol–water partition coefficient (Wildman–Crippen LogP) is 8.76. The van der Waals surface area contributed by atoms with E-state index in [0.717, 1.165) is 32.6 Å². The van der Waals surface area contributed by atoms with Gasteiger partial charge in [-0.1, -0.05) is 72.3 Å². The Hall–Kier alpha value is -3.58. The van der Waals surface area contributed by atoms with Crippen molar-refractivity contribution in [1.82, 2.24) is 0 Å². The largest absolute Gasteiger partial charge is 0.493 e. The molecule has 1 aliphatic carbocycles. The molecule has 6 rings (SSSR count). The first-order chi connectivity index (χ1) is 19.1. The molecule has 1 aliphatic heterocycles. The molecule has 5 heteroatoms. The van der Waals surface area contributed by atoms with Crippen LogP contribution in [-0.2, 0) is 6.61 Å². The van der Waals surface area contributed by atoms with Crippen molar-refractivity contribution in [3.63, 3.8) is 0 Å². The van der Waals surface area contributed by atoms with E-state index in [-0.39, 0.29) is 6.04 Å². The highest BCUT2D eigenvalue weighted by Crippen LogP contribution is 2.50. The number of hydrogen-bond acceptors (Lipinski definition) is 4. The molecule has 1 N–H and O–H groups in total. The first-order valence-electron chi connectivity index (χ1n) is 13.3. The second-order valence-electron chi connectivity index (χ2n) is 10.2. The van der Waals surface area contributed by atoms with Gasteiger partial charge in [0, 0.05) is 17.8 Å². The number of aliphatic imine (C=N–C) groups is 1. The van der Waals surface area contributed by atoms with Crippen LogP contribution in [0.25, 0.3) is 0 Å². The van der Waals surface area contributed by atoms with Crippen LogP contribution in [0.3, 0.4) is 0 Å². The molecule has 0 bridgehead atoms. The van der Waals surface area contributed by atoms with Crippen molar-refractivity contribution in [3.05, 3.63) is 128 Å². The van der Waals surface area contributed by atoms with E-state index < -0.39 is 0 Å². The first-order valence-corrected chi connectivity index (χ1v) is 14.4. The summed E-state index contributed by atoms with van der Waals surface area (Å²) in [6.45, 7) is 2.66. The van der Waals surface area contributed by atoms with Crippen molar-refractivity contribution < 1.29 is 9.47 Å². The summed E-state index contributed by atoms with van der Waals surface area (Å²) in [5.74, 6) is 2.46. The second-order valence-corrected chi connectivity index (χ2v) is 11.4. The molecule has 0 amide bonds. The molecule has 4 nitrogen and oxygen atoms in total. The van der Waals surface area contributed by atoms with Gasteiger partial charge in [0.25, 0.3) is 0 Å². The zero-order valence-corrected chi connectivity index (χ0v) is 24.3. The summed E-state index contributed by atoms with van der Waals surface area (Å²) in [7, 11) is 1.67. The number of anilines is 1. The van der Waals surface area contributed by atoms with Crippen LogP contribution in [0.5, 0.6) is 11.5 Å². The molecular formula is C34H31IN2O2. The minimum atomic E-state index is 0.285. The van der Waals surface area contributed by atoms with Crippen LogP contribution in [-0.4, -0.2) is 13.3 Å². The van der Waals surface area contributed by atoms with Gasteiger partial charge in [0.15, 0.2) is 11.5 Å². The fourth-order valence-electron chi connectivity index (χ4n) is 5.64. The standard InChI is InChI=1S/C34H31IN2O2/c1-22-11-16-31-29(17-22)27-9-6-10-28(27)33(37-31)25-12-14-26(15-13-25)36-20-24-18-30(35)34(32(19-24)38-2)39-21-23-7-4-3-5-8-23/h3-9,11-20,27-28,33,37H,10,21H2,1-2H3/t27-,28-,33+/m1/s1. The number of nitrogens with one attached hydrogen (secondary N) is 1. The van der Waals surface area contributed by atoms with E-state index in [0.29, 0.717) is 24.2 Å². The van der Waals surface area contributed by atoms with E-state index >= 15 is 0 Å². The number of hydrogen-bond donors (Lipinski definition) is 1. The highest BCUT2D eigenvalue weighted by molar-refractivity contribution is 14.1. The van der Waals surface area contributed by atoms with Gasteiger partial charge in [-0.25, -0.2) is 0 Å². The van der Waals surface area contributed by atoms with Crippen molar-refractivity contribution in [2.45, 2.75) is 31.9 Å². The van der Waals surface area contributed by atoms with E-state index in [2.05, 4.69) is 108 Å². The average Bonchev–Trinajstić information content (AvgIpc) is 3.46. The predicted molar refractivity (Wildman–Crippen MR) is 168 cm³/mol. The van der Waals surface area contributed by atoms with Gasteiger partial charge < -0.3 is 14.8 Å². The molecule has 0 aromatic heterocycles. The molecule has 4 aromatic carbocycles. The molecular weight excluding hydrogens is 595 g/mol. The zero-order valence-electron chi connectivity index (χ0n) is 22.1. The number of ether oxygens (including phenoxy) is 2. The maximum Gasteiger partial charge on any atom is 0.174 e. The highest BCUT2D eigenvalue weighted by atomic mass is 127. The topological polar surface area (TPSA) is 42.8 Å². The molecule has 3 atom stereocenters. The van der Waals surface area contributed by atoms with Crippen LogP contribution >= 0.6 is 22.6 Å². The Balaban J connectivity index is 1.17. The summed E-state index contributed by atoms with van der Waals surface area (Å²) in [5, 5.41) is 3.83. The number of rotatable bonds is 7. The van der Waals surface area contributed by atoms with Gasteiger partial charge in [0.2, 0.25) is 0 Å². The van der Waals surface area contributed by atoms with Crippen molar-refractivity contribution >= 4 is 40.2 Å². The molecule has 0 saturated heterocycles. The van der Waals surface area contributed by atoms with E-state index in [4.69, 9.17) is 14.5 Å². The van der Waals surface area contributed by atoms with Gasteiger partial charge in [0.1, 0.15) is 6.61 Å². The average molecular weight is 627 g/mol. The van der Waals surface area contributed by atoms with Crippen LogP contribution in [0.15, 0.2) is 102 Å². The summed E-state index contributed by atoms with van der Waals surface area (Å²) in [6, 6.07) is 29.9. The van der Waals surface area contributed by atoms with Gasteiger partial charge in [-0.15, -0.1) is 0 Å². The summed E-state index contributed by atoms with van der Waals surface area (Å²) in [4.78, 5) is 4.76. The van der Waals surface area contributed by atoms with Crippen LogP contribution in [0.4, 0.5) is 11.4 Å². The lowest BCUT2D eigenvalue weighted by Crippen LogP contribution is -2.29. The van der Waals surface area contributed by atoms with Crippen LogP contribution in [0.2, 0.25) is 0 Å². The third-order valence-electron chi connectivity index (χ3n) is 7.61. The van der Waals surface area contributed by atoms with E-state index in [1.54, 1.807) is 7.11 Å². The van der Waals surface area contributed by atoms with Crippen molar-refractivity contribution in [3.8, 4) is 11.5 Å². The Bertz CT molecular complexity index is 1530. The number of methoxy groups -OCH3 is 1. The molecule has 0 unspecified atom stereocenters. The third kappa shape index (κ3) is 5.46. The first kappa shape index (κ1) is 25.7. The van der Waals surface area contributed by atoms with Crippen molar-refractivity contribution in [1.29, 1.82) is 0 Å². The SMILES string of the molecule is COc1cc(C=Nc2ccc([C@@H]3Nc4ccc(C)cc4[C@@H]4C=CC[C@H]43)cc2)cc(I)c1OCc1ccccc1. The van der Waals surface area contributed by atoms with Crippen LogP contribution in [0.1, 0.15) is 46.2 Å². The molecule has 4 aromatic rings. The fourth-order valence-corrected chi connectivity index (χ4v) is 6.43. The monoisotopic (exact) mass is 626 g/mol. The zero-order chi connectivity index (χ0) is 26.8. The highest BCUT2D eigenvalue weighted by Gasteiger charge is 2.37. The van der Waals surface area contributed by atoms with Gasteiger partial charge >= 0.3 is 0 Å². The van der Waals surface area contributed by atoms with Gasteiger partial charge in [0.05, 0.1) is 22.4 Å². The second kappa shape index (κ2) is 11.3. The van der Waals surface area contributed by atoms with E-state index in [1.165, 1.54) is 22.4 Å². The minimum absolute atomic E-state index is 0.285. The Morgan fingerprint density at radius 3 is 2.62 bits per heavy atom. The molecule has 39 heavy (non-hydrogen) atoms. The number of aryl methyl sites for hydroxylation is 1. The van der Waals surface area contributed by atoms with Crippen molar-refractivity contribution in [2.24, 2.45) is 10.9 Å². The molecule has 0 saturated carbocycles. The summed E-state index contributed by atoms with van der Waals surface area (Å²) >= 11 is 2.30. The molecule has 0 radical (unpaired) electrons. The van der Waals surface area contributed by atoms with E-state index in [1.807, 2.05) is 30.5 Å². The Labute approximate surface area is 243 Å². The van der Waals surface area contributed by atoms with Gasteiger partial charge in [-0.2, -0.15) is 0 Å². The number of fused-ring (bicyclic) bond motifs is 3. The molecule has 196 valence electrons. The molecule has 0 spiro atoms. The minimum Gasteiger partial charge on any atom is -0.493 e. The maximum absolute atomic E-state index is 6.10. The summed E-state index contributed by atoms with van der Waals surface area (Å²) < 4.78 is 12.7.